The summed E-state index contributed by atoms with van der Waals surface area (Å²) in [6.45, 7) is 0. The van der Waals surface area contributed by atoms with Crippen LogP contribution in [-0.4, -0.2) is 16.8 Å². The van der Waals surface area contributed by atoms with Crippen molar-refractivity contribution in [1.29, 1.82) is 0 Å². The van der Waals surface area contributed by atoms with Crippen molar-refractivity contribution in [2.45, 2.75) is 9.10 Å². The standard InChI is InChI=1S/C11H9N3O2S2/c12-10(15)8-6(18-7-2-1-5-17-7)3-4-14-9(8)11(13)16/h1-5H,(H2,12,15)(H2,13,16). The van der Waals surface area contributed by atoms with Crippen LogP contribution >= 0.6 is 23.1 Å². The van der Waals surface area contributed by atoms with Crippen molar-refractivity contribution < 1.29 is 9.59 Å². The first-order valence-electron chi connectivity index (χ1n) is 4.89. The van der Waals surface area contributed by atoms with E-state index in [-0.39, 0.29) is 11.3 Å². The van der Waals surface area contributed by atoms with Crippen LogP contribution in [0.4, 0.5) is 0 Å². The first kappa shape index (κ1) is 12.6. The lowest BCUT2D eigenvalue weighted by Crippen LogP contribution is -2.22. The van der Waals surface area contributed by atoms with Crippen molar-refractivity contribution in [2.75, 3.05) is 0 Å². The average Bonchev–Trinajstić information content (AvgIpc) is 2.81. The van der Waals surface area contributed by atoms with Gasteiger partial charge in [0.2, 0.25) is 0 Å². The number of amides is 2. The summed E-state index contributed by atoms with van der Waals surface area (Å²) < 4.78 is 0.985. The molecule has 2 aromatic rings. The molecule has 5 nitrogen and oxygen atoms in total. The Morgan fingerprint density at radius 1 is 1.22 bits per heavy atom. The SMILES string of the molecule is NC(=O)c1nccc(Sc2cccs2)c1C(N)=O. The zero-order chi connectivity index (χ0) is 13.1. The highest BCUT2D eigenvalue weighted by atomic mass is 32.2. The number of aromatic nitrogens is 1. The van der Waals surface area contributed by atoms with Crippen molar-refractivity contribution in [3.05, 3.63) is 41.0 Å². The van der Waals surface area contributed by atoms with Gasteiger partial charge in [0, 0.05) is 11.1 Å². The lowest BCUT2D eigenvalue weighted by Gasteiger charge is -2.07. The highest BCUT2D eigenvalue weighted by Crippen LogP contribution is 2.33. The fraction of sp³-hybridized carbons (Fsp3) is 0. The maximum atomic E-state index is 11.4. The van der Waals surface area contributed by atoms with Gasteiger partial charge in [-0.25, -0.2) is 0 Å². The van der Waals surface area contributed by atoms with E-state index in [2.05, 4.69) is 4.98 Å². The number of rotatable bonds is 4. The molecule has 0 unspecified atom stereocenters. The summed E-state index contributed by atoms with van der Waals surface area (Å²) in [5.41, 5.74) is 10.4. The van der Waals surface area contributed by atoms with E-state index < -0.39 is 11.8 Å². The zero-order valence-corrected chi connectivity index (χ0v) is 10.8. The van der Waals surface area contributed by atoms with Gasteiger partial charge in [0.05, 0.1) is 9.77 Å². The van der Waals surface area contributed by atoms with E-state index in [1.54, 1.807) is 6.07 Å². The van der Waals surface area contributed by atoms with Gasteiger partial charge in [-0.3, -0.25) is 14.6 Å². The molecule has 2 rings (SSSR count). The van der Waals surface area contributed by atoms with Gasteiger partial charge >= 0.3 is 0 Å². The molecule has 0 fully saturated rings. The second-order valence-electron chi connectivity index (χ2n) is 3.30. The first-order chi connectivity index (χ1) is 8.59. The van der Waals surface area contributed by atoms with Crippen LogP contribution in [0.2, 0.25) is 0 Å². The zero-order valence-electron chi connectivity index (χ0n) is 9.12. The number of primary amides is 2. The number of pyridine rings is 1. The van der Waals surface area contributed by atoms with E-state index in [4.69, 9.17) is 11.5 Å². The Kier molecular flexibility index (Phi) is 3.63. The third-order valence-corrected chi connectivity index (χ3v) is 4.20. The molecule has 0 saturated heterocycles. The molecule has 0 aliphatic carbocycles. The Morgan fingerprint density at radius 2 is 2.00 bits per heavy atom. The maximum Gasteiger partial charge on any atom is 0.268 e. The minimum Gasteiger partial charge on any atom is -0.365 e. The van der Waals surface area contributed by atoms with E-state index in [1.807, 2.05) is 17.5 Å². The van der Waals surface area contributed by atoms with Crippen molar-refractivity contribution in [3.63, 3.8) is 0 Å². The normalized spacial score (nSPS) is 10.2. The topological polar surface area (TPSA) is 99.1 Å². The molecule has 4 N–H and O–H groups in total. The molecule has 2 aromatic heterocycles. The van der Waals surface area contributed by atoms with Crippen molar-refractivity contribution in [1.82, 2.24) is 4.98 Å². The second kappa shape index (κ2) is 5.19. The Morgan fingerprint density at radius 3 is 2.56 bits per heavy atom. The molecule has 7 heteroatoms. The summed E-state index contributed by atoms with van der Waals surface area (Å²) in [4.78, 5) is 27.0. The second-order valence-corrected chi connectivity index (χ2v) is 5.59. The molecule has 0 bridgehead atoms. The molecular weight excluding hydrogens is 270 g/mol. The fourth-order valence-electron chi connectivity index (χ4n) is 1.38. The molecule has 0 aliphatic rings. The average molecular weight is 279 g/mol. The third-order valence-electron chi connectivity index (χ3n) is 2.10. The lowest BCUT2D eigenvalue weighted by atomic mass is 10.2. The number of carbonyl (C=O) groups is 2. The minimum atomic E-state index is -0.766. The molecule has 18 heavy (non-hydrogen) atoms. The van der Waals surface area contributed by atoms with Gasteiger partial charge in [-0.15, -0.1) is 11.3 Å². The van der Waals surface area contributed by atoms with E-state index >= 15 is 0 Å². The Hall–Kier alpha value is -1.86. The number of nitrogens with two attached hydrogens (primary N) is 2. The van der Waals surface area contributed by atoms with Crippen molar-refractivity contribution >= 4 is 34.9 Å². The van der Waals surface area contributed by atoms with Crippen LogP contribution in [0.3, 0.4) is 0 Å². The molecule has 0 aliphatic heterocycles. The molecular formula is C11H9N3O2S2. The van der Waals surface area contributed by atoms with Crippen molar-refractivity contribution in [3.8, 4) is 0 Å². The Labute approximate surface area is 111 Å². The van der Waals surface area contributed by atoms with Gasteiger partial charge in [-0.05, 0) is 17.5 Å². The number of hydrogen-bond donors (Lipinski definition) is 2. The number of hydrogen-bond acceptors (Lipinski definition) is 5. The highest BCUT2D eigenvalue weighted by molar-refractivity contribution is 8.01. The largest absolute Gasteiger partial charge is 0.365 e. The van der Waals surface area contributed by atoms with Crippen LogP contribution in [0.25, 0.3) is 0 Å². The predicted octanol–water partition coefficient (Wildman–Crippen LogP) is 1.49. The number of carbonyl (C=O) groups excluding carboxylic acids is 2. The first-order valence-corrected chi connectivity index (χ1v) is 6.59. The quantitative estimate of drug-likeness (QED) is 0.885. The summed E-state index contributed by atoms with van der Waals surface area (Å²) in [5.74, 6) is -1.48. The van der Waals surface area contributed by atoms with Crippen LogP contribution in [0.15, 0.2) is 38.9 Å². The molecule has 2 amide bonds. The smallest absolute Gasteiger partial charge is 0.268 e. The van der Waals surface area contributed by atoms with E-state index in [9.17, 15) is 9.59 Å². The summed E-state index contributed by atoms with van der Waals surface area (Å²) in [6.07, 6.45) is 1.43. The third kappa shape index (κ3) is 2.52. The van der Waals surface area contributed by atoms with E-state index in [1.165, 1.54) is 29.3 Å². The summed E-state index contributed by atoms with van der Waals surface area (Å²) >= 11 is 2.88. The predicted molar refractivity (Wildman–Crippen MR) is 69.7 cm³/mol. The van der Waals surface area contributed by atoms with Crippen LogP contribution in [0.1, 0.15) is 20.8 Å². The summed E-state index contributed by atoms with van der Waals surface area (Å²) in [7, 11) is 0. The van der Waals surface area contributed by atoms with Crippen LogP contribution < -0.4 is 11.5 Å². The number of nitrogens with zero attached hydrogens (tertiary/aromatic N) is 1. The van der Waals surface area contributed by atoms with E-state index in [0.29, 0.717) is 4.90 Å². The summed E-state index contributed by atoms with van der Waals surface area (Å²) in [5, 5.41) is 1.92. The monoisotopic (exact) mass is 279 g/mol. The molecule has 0 saturated carbocycles. The van der Waals surface area contributed by atoms with Gasteiger partial charge in [0.15, 0.2) is 0 Å². The van der Waals surface area contributed by atoms with Gasteiger partial charge in [-0.2, -0.15) is 0 Å². The van der Waals surface area contributed by atoms with Gasteiger partial charge in [-0.1, -0.05) is 17.8 Å². The van der Waals surface area contributed by atoms with Crippen molar-refractivity contribution in [2.24, 2.45) is 11.5 Å². The van der Waals surface area contributed by atoms with Gasteiger partial charge < -0.3 is 11.5 Å². The Bertz CT molecular complexity index is 596. The minimum absolute atomic E-state index is 0.0726. The van der Waals surface area contributed by atoms with Crippen LogP contribution in [0, 0.1) is 0 Å². The maximum absolute atomic E-state index is 11.4. The fourth-order valence-corrected chi connectivity index (χ4v) is 3.25. The van der Waals surface area contributed by atoms with Crippen LogP contribution in [0.5, 0.6) is 0 Å². The number of thiophene rings is 1. The van der Waals surface area contributed by atoms with Gasteiger partial charge in [0.25, 0.3) is 11.8 Å². The lowest BCUT2D eigenvalue weighted by molar-refractivity contribution is 0.0961. The van der Waals surface area contributed by atoms with E-state index in [0.717, 1.165) is 4.21 Å². The summed E-state index contributed by atoms with van der Waals surface area (Å²) in [6, 6.07) is 5.44. The highest BCUT2D eigenvalue weighted by Gasteiger charge is 2.19. The van der Waals surface area contributed by atoms with Gasteiger partial charge in [0.1, 0.15) is 5.69 Å². The molecule has 2 heterocycles. The molecule has 0 aromatic carbocycles. The molecule has 0 spiro atoms. The Balaban J connectivity index is 2.49. The molecule has 0 radical (unpaired) electrons. The molecule has 0 atom stereocenters. The van der Waals surface area contributed by atoms with Crippen LogP contribution in [-0.2, 0) is 0 Å². The molecule has 92 valence electrons.